The summed E-state index contributed by atoms with van der Waals surface area (Å²) in [5.41, 5.74) is -0.338. The molecule has 3 heteroatoms. The van der Waals surface area contributed by atoms with Crippen LogP contribution in [-0.4, -0.2) is 24.3 Å². The highest BCUT2D eigenvalue weighted by molar-refractivity contribution is 5.06. The molecule has 0 aromatic rings. The topological polar surface area (TPSA) is 45.0 Å². The first kappa shape index (κ1) is 16.8. The number of nitrogens with zero attached hydrogens (tertiary/aromatic N) is 1. The van der Waals surface area contributed by atoms with E-state index in [1.54, 1.807) is 0 Å². The minimum atomic E-state index is -0.338. The lowest BCUT2D eigenvalue weighted by molar-refractivity contribution is -0.000881. The lowest BCUT2D eigenvalue weighted by atomic mass is 9.82. The van der Waals surface area contributed by atoms with Gasteiger partial charge in [0.2, 0.25) is 0 Å². The second-order valence-electron chi connectivity index (χ2n) is 7.73. The summed E-state index contributed by atoms with van der Waals surface area (Å²) in [6.45, 7) is 7.58. The average Bonchev–Trinajstić information content (AvgIpc) is 3.21. The van der Waals surface area contributed by atoms with E-state index in [0.29, 0.717) is 12.1 Å². The molecule has 0 bridgehead atoms. The third-order valence-electron chi connectivity index (χ3n) is 4.91. The Morgan fingerprint density at radius 3 is 2.38 bits per heavy atom. The molecule has 0 spiro atoms. The lowest BCUT2D eigenvalue weighted by Gasteiger charge is -2.31. The zero-order valence-electron chi connectivity index (χ0n) is 14.0. The van der Waals surface area contributed by atoms with E-state index in [1.165, 1.54) is 32.1 Å². The van der Waals surface area contributed by atoms with Crippen molar-refractivity contribution in [2.45, 2.75) is 89.8 Å². The fourth-order valence-corrected chi connectivity index (χ4v) is 3.68. The Labute approximate surface area is 130 Å². The van der Waals surface area contributed by atoms with E-state index in [4.69, 9.17) is 4.74 Å². The molecule has 2 aliphatic rings. The summed E-state index contributed by atoms with van der Waals surface area (Å²) in [6, 6.07) is 3.04. The second-order valence-corrected chi connectivity index (χ2v) is 7.73. The molecule has 0 heterocycles. The third kappa shape index (κ3) is 5.96. The molecule has 0 aromatic heterocycles. The molecule has 0 aromatic carbocycles. The maximum absolute atomic E-state index is 9.34. The van der Waals surface area contributed by atoms with E-state index < -0.39 is 0 Å². The normalized spacial score (nSPS) is 32.4. The zero-order chi connectivity index (χ0) is 15.3. The van der Waals surface area contributed by atoms with Crippen LogP contribution in [0, 0.1) is 23.2 Å². The number of rotatable bonds is 8. The van der Waals surface area contributed by atoms with Gasteiger partial charge >= 0.3 is 0 Å². The fraction of sp³-hybridized carbons (Fsp3) is 0.944. The van der Waals surface area contributed by atoms with Crippen LogP contribution in [0.3, 0.4) is 0 Å². The van der Waals surface area contributed by atoms with Crippen molar-refractivity contribution in [3.63, 3.8) is 0 Å². The van der Waals surface area contributed by atoms with Crippen molar-refractivity contribution in [2.75, 3.05) is 6.61 Å². The largest absolute Gasteiger partial charge is 0.378 e. The maximum atomic E-state index is 9.34. The molecule has 3 atom stereocenters. The van der Waals surface area contributed by atoms with Gasteiger partial charge < -0.3 is 4.74 Å². The summed E-state index contributed by atoms with van der Waals surface area (Å²) in [7, 11) is 0. The summed E-state index contributed by atoms with van der Waals surface area (Å²) < 4.78 is 6.06. The van der Waals surface area contributed by atoms with Crippen LogP contribution < -0.4 is 5.32 Å². The van der Waals surface area contributed by atoms with Crippen molar-refractivity contribution in [1.29, 1.82) is 5.26 Å². The Morgan fingerprint density at radius 2 is 1.81 bits per heavy atom. The molecule has 3 nitrogen and oxygen atoms in total. The van der Waals surface area contributed by atoms with Crippen molar-refractivity contribution in [3.8, 4) is 6.07 Å². The van der Waals surface area contributed by atoms with Crippen molar-refractivity contribution in [1.82, 2.24) is 5.32 Å². The quantitative estimate of drug-likeness (QED) is 0.687. The van der Waals surface area contributed by atoms with Gasteiger partial charge in [0.15, 0.2) is 0 Å². The van der Waals surface area contributed by atoms with Gasteiger partial charge in [-0.2, -0.15) is 5.26 Å². The number of unbranched alkanes of at least 4 members (excludes halogenated alkanes) is 1. The highest BCUT2D eigenvalue weighted by Crippen LogP contribution is 2.30. The van der Waals surface area contributed by atoms with Gasteiger partial charge in [-0.25, -0.2) is 0 Å². The molecule has 0 aliphatic heterocycles. The summed E-state index contributed by atoms with van der Waals surface area (Å²) in [5, 5.41) is 12.8. The van der Waals surface area contributed by atoms with Crippen LogP contribution in [0.15, 0.2) is 0 Å². The molecular formula is C18H32N2O. The van der Waals surface area contributed by atoms with Crippen LogP contribution >= 0.6 is 0 Å². The third-order valence-corrected chi connectivity index (χ3v) is 4.91. The molecule has 3 unspecified atom stereocenters. The van der Waals surface area contributed by atoms with Crippen molar-refractivity contribution < 1.29 is 4.74 Å². The Morgan fingerprint density at radius 1 is 1.14 bits per heavy atom. The van der Waals surface area contributed by atoms with E-state index in [1.807, 2.05) is 6.92 Å². The van der Waals surface area contributed by atoms with E-state index in [9.17, 15) is 5.26 Å². The molecule has 0 saturated heterocycles. The van der Waals surface area contributed by atoms with Gasteiger partial charge in [-0.1, -0.05) is 13.8 Å². The number of hydrogen-bond acceptors (Lipinski definition) is 3. The molecule has 2 fully saturated rings. The first-order chi connectivity index (χ1) is 10.0. The first-order valence-corrected chi connectivity index (χ1v) is 8.81. The predicted octanol–water partition coefficient (Wildman–Crippen LogP) is 4.03. The molecule has 1 N–H and O–H groups in total. The summed E-state index contributed by atoms with van der Waals surface area (Å²) in [6.07, 6.45) is 9.82. The summed E-state index contributed by atoms with van der Waals surface area (Å²) >= 11 is 0. The van der Waals surface area contributed by atoms with Crippen LogP contribution in [0.2, 0.25) is 0 Å². The summed E-state index contributed by atoms with van der Waals surface area (Å²) in [4.78, 5) is 0. The number of nitriles is 1. The van der Waals surface area contributed by atoms with Gasteiger partial charge in [0.1, 0.15) is 5.54 Å². The molecule has 2 aliphatic carbocycles. The van der Waals surface area contributed by atoms with Gasteiger partial charge in [-0.15, -0.1) is 0 Å². The Bertz CT molecular complexity index is 351. The van der Waals surface area contributed by atoms with Gasteiger partial charge in [0.05, 0.1) is 12.2 Å². The molecule has 2 saturated carbocycles. The zero-order valence-corrected chi connectivity index (χ0v) is 14.0. The number of ether oxygens (including phenoxy) is 1. The number of nitrogens with one attached hydrogen (secondary N) is 1. The van der Waals surface area contributed by atoms with Crippen LogP contribution in [0.5, 0.6) is 0 Å². The van der Waals surface area contributed by atoms with Crippen molar-refractivity contribution >= 4 is 0 Å². The average molecular weight is 292 g/mol. The first-order valence-electron chi connectivity index (χ1n) is 8.81. The van der Waals surface area contributed by atoms with Crippen LogP contribution in [0.25, 0.3) is 0 Å². The van der Waals surface area contributed by atoms with Gasteiger partial charge in [0, 0.05) is 12.6 Å². The van der Waals surface area contributed by atoms with Gasteiger partial charge in [-0.3, -0.25) is 5.32 Å². The minimum absolute atomic E-state index is 0.338. The minimum Gasteiger partial charge on any atom is -0.378 e. The van der Waals surface area contributed by atoms with E-state index in [2.05, 4.69) is 25.2 Å². The van der Waals surface area contributed by atoms with Crippen molar-refractivity contribution in [3.05, 3.63) is 0 Å². The SMILES string of the molecule is CC1CC(C)CC(OCCCCC(C)(C#N)NC2CC2)C1. The maximum Gasteiger partial charge on any atom is 0.104 e. The van der Waals surface area contributed by atoms with Crippen LogP contribution in [0.4, 0.5) is 0 Å². The van der Waals surface area contributed by atoms with Crippen LogP contribution in [-0.2, 0) is 4.74 Å². The standard InChI is InChI=1S/C18H32N2O/c1-14-10-15(2)12-17(11-14)21-9-5-4-8-18(3,13-19)20-16-6-7-16/h14-17,20H,4-12H2,1-3H3. The smallest absolute Gasteiger partial charge is 0.104 e. The van der Waals surface area contributed by atoms with E-state index in [-0.39, 0.29) is 5.54 Å². The highest BCUT2D eigenvalue weighted by atomic mass is 16.5. The lowest BCUT2D eigenvalue weighted by Crippen LogP contribution is -2.42. The fourth-order valence-electron chi connectivity index (χ4n) is 3.68. The van der Waals surface area contributed by atoms with E-state index >= 15 is 0 Å². The van der Waals surface area contributed by atoms with E-state index in [0.717, 1.165) is 37.7 Å². The Hall–Kier alpha value is -0.590. The molecule has 2 rings (SSSR count). The van der Waals surface area contributed by atoms with Crippen molar-refractivity contribution in [2.24, 2.45) is 11.8 Å². The number of hydrogen-bond donors (Lipinski definition) is 1. The predicted molar refractivity (Wildman–Crippen MR) is 85.9 cm³/mol. The second kappa shape index (κ2) is 7.61. The Kier molecular flexibility index (Phi) is 6.08. The molecular weight excluding hydrogens is 260 g/mol. The van der Waals surface area contributed by atoms with Gasteiger partial charge in [0.25, 0.3) is 0 Å². The molecule has 120 valence electrons. The highest BCUT2D eigenvalue weighted by Gasteiger charge is 2.32. The monoisotopic (exact) mass is 292 g/mol. The van der Waals surface area contributed by atoms with Gasteiger partial charge in [-0.05, 0) is 70.1 Å². The molecule has 0 amide bonds. The molecule has 0 radical (unpaired) electrons. The Balaban J connectivity index is 1.57. The molecule has 21 heavy (non-hydrogen) atoms. The summed E-state index contributed by atoms with van der Waals surface area (Å²) in [5.74, 6) is 1.62. The van der Waals surface area contributed by atoms with Crippen LogP contribution in [0.1, 0.15) is 72.1 Å².